The smallest absolute Gasteiger partial charge is 0.279 e. The normalized spacial score (nSPS) is 12.3. The van der Waals surface area contributed by atoms with E-state index in [1.165, 1.54) is 0 Å². The van der Waals surface area contributed by atoms with E-state index in [1.807, 2.05) is 4.72 Å². The molecule has 0 saturated carbocycles. The van der Waals surface area contributed by atoms with E-state index in [9.17, 15) is 26.0 Å². The van der Waals surface area contributed by atoms with E-state index < -0.39 is 38.2 Å². The van der Waals surface area contributed by atoms with Gasteiger partial charge in [-0.25, -0.2) is 12.8 Å². The van der Waals surface area contributed by atoms with Crippen LogP contribution in [0.15, 0.2) is 45.8 Å². The standard InChI is InChI=1S/C13H7BrClF4NO2S/c14-10-6-8(16)2-4-12(10)23(21,22)20-11-3-1-7(15)5-9(11)13(17,18)19/h1-6,20H. The minimum absolute atomic E-state index is 0.118. The number of alkyl halides is 3. The summed E-state index contributed by atoms with van der Waals surface area (Å²) in [5, 5.41) is -0.191. The summed E-state index contributed by atoms with van der Waals surface area (Å²) in [5.41, 5.74) is -1.91. The van der Waals surface area contributed by atoms with Gasteiger partial charge in [-0.3, -0.25) is 4.72 Å². The van der Waals surface area contributed by atoms with Crippen molar-refractivity contribution in [2.45, 2.75) is 11.1 Å². The Hall–Kier alpha value is -1.32. The van der Waals surface area contributed by atoms with Crippen molar-refractivity contribution in [3.8, 4) is 0 Å². The van der Waals surface area contributed by atoms with E-state index in [1.54, 1.807) is 0 Å². The van der Waals surface area contributed by atoms with Gasteiger partial charge in [-0.1, -0.05) is 11.6 Å². The maximum Gasteiger partial charge on any atom is 0.418 e. The van der Waals surface area contributed by atoms with Crippen LogP contribution in [-0.2, 0) is 16.2 Å². The second-order valence-corrected chi connectivity index (χ2v) is 7.31. The summed E-state index contributed by atoms with van der Waals surface area (Å²) >= 11 is 8.39. The van der Waals surface area contributed by atoms with Gasteiger partial charge in [0.25, 0.3) is 10.0 Å². The average Bonchev–Trinajstić information content (AvgIpc) is 2.39. The molecule has 0 radical (unpaired) electrons. The lowest BCUT2D eigenvalue weighted by Crippen LogP contribution is -2.17. The van der Waals surface area contributed by atoms with Gasteiger partial charge < -0.3 is 0 Å². The lowest BCUT2D eigenvalue weighted by Gasteiger charge is -2.15. The SMILES string of the molecule is O=S(=O)(Nc1ccc(Cl)cc1C(F)(F)F)c1ccc(F)cc1Br. The fourth-order valence-corrected chi connectivity index (χ4v) is 4.04. The Labute approximate surface area is 142 Å². The first-order valence-corrected chi connectivity index (χ1v) is 8.51. The molecule has 0 bridgehead atoms. The maximum absolute atomic E-state index is 13.0. The molecule has 0 amide bonds. The topological polar surface area (TPSA) is 46.2 Å². The Kier molecular flexibility index (Phi) is 4.93. The van der Waals surface area contributed by atoms with Crippen LogP contribution in [0, 0.1) is 5.82 Å². The summed E-state index contributed by atoms with van der Waals surface area (Å²) in [6.07, 6.45) is -4.80. The largest absolute Gasteiger partial charge is 0.418 e. The predicted octanol–water partition coefficient (Wildman–Crippen LogP) is 5.06. The van der Waals surface area contributed by atoms with Crippen LogP contribution < -0.4 is 4.72 Å². The Morgan fingerprint density at radius 3 is 2.30 bits per heavy atom. The Morgan fingerprint density at radius 1 is 1.09 bits per heavy atom. The molecule has 1 N–H and O–H groups in total. The molecule has 0 saturated heterocycles. The lowest BCUT2D eigenvalue weighted by atomic mass is 10.2. The van der Waals surface area contributed by atoms with Crippen LogP contribution in [0.25, 0.3) is 0 Å². The minimum Gasteiger partial charge on any atom is -0.279 e. The monoisotopic (exact) mass is 431 g/mol. The van der Waals surface area contributed by atoms with Crippen molar-refractivity contribution in [2.75, 3.05) is 4.72 Å². The molecule has 2 aromatic rings. The molecule has 0 unspecified atom stereocenters. The van der Waals surface area contributed by atoms with Crippen LogP contribution in [0.2, 0.25) is 5.02 Å². The average molecular weight is 433 g/mol. The van der Waals surface area contributed by atoms with Crippen molar-refractivity contribution in [3.05, 3.63) is 57.3 Å². The number of sulfonamides is 1. The van der Waals surface area contributed by atoms with Crippen LogP contribution in [0.4, 0.5) is 23.2 Å². The van der Waals surface area contributed by atoms with Crippen LogP contribution in [-0.4, -0.2) is 8.42 Å². The van der Waals surface area contributed by atoms with Gasteiger partial charge in [0.1, 0.15) is 10.7 Å². The molecule has 2 aromatic carbocycles. The third-order valence-electron chi connectivity index (χ3n) is 2.71. The molecule has 0 aliphatic rings. The molecule has 23 heavy (non-hydrogen) atoms. The molecule has 0 aliphatic carbocycles. The highest BCUT2D eigenvalue weighted by atomic mass is 79.9. The number of halogens is 6. The van der Waals surface area contributed by atoms with Gasteiger partial charge in [-0.2, -0.15) is 13.2 Å². The van der Waals surface area contributed by atoms with Gasteiger partial charge in [0.2, 0.25) is 0 Å². The van der Waals surface area contributed by atoms with Gasteiger partial charge in [0.05, 0.1) is 11.3 Å². The summed E-state index contributed by atoms with van der Waals surface area (Å²) < 4.78 is 78.2. The molecule has 124 valence electrons. The molecule has 10 heteroatoms. The Morgan fingerprint density at radius 2 is 1.74 bits per heavy atom. The third kappa shape index (κ3) is 4.15. The molecule has 0 heterocycles. The van der Waals surface area contributed by atoms with Gasteiger partial charge in [0, 0.05) is 9.50 Å². The Bertz CT molecular complexity index is 856. The molecule has 0 fully saturated rings. The van der Waals surface area contributed by atoms with Crippen molar-refractivity contribution < 1.29 is 26.0 Å². The van der Waals surface area contributed by atoms with E-state index in [0.29, 0.717) is 6.07 Å². The molecule has 0 spiro atoms. The molecular formula is C13H7BrClF4NO2S. The first kappa shape index (κ1) is 18.0. The summed E-state index contributed by atoms with van der Waals surface area (Å²) in [5.74, 6) is -0.696. The van der Waals surface area contributed by atoms with Gasteiger partial charge >= 0.3 is 6.18 Å². The van der Waals surface area contributed by atoms with Gasteiger partial charge in [-0.05, 0) is 52.3 Å². The maximum atomic E-state index is 13.0. The zero-order valence-corrected chi connectivity index (χ0v) is 14.1. The first-order valence-electron chi connectivity index (χ1n) is 5.85. The molecule has 2 rings (SSSR count). The lowest BCUT2D eigenvalue weighted by molar-refractivity contribution is -0.136. The number of anilines is 1. The van der Waals surface area contributed by atoms with E-state index >= 15 is 0 Å². The zero-order chi connectivity index (χ0) is 17.4. The molecule has 0 aliphatic heterocycles. The highest BCUT2D eigenvalue weighted by Gasteiger charge is 2.35. The zero-order valence-electron chi connectivity index (χ0n) is 11.0. The quantitative estimate of drug-likeness (QED) is 0.689. The highest BCUT2D eigenvalue weighted by Crippen LogP contribution is 2.37. The molecule has 3 nitrogen and oxygen atoms in total. The van der Waals surface area contributed by atoms with Crippen LogP contribution in [0.1, 0.15) is 5.56 Å². The van der Waals surface area contributed by atoms with Crippen molar-refractivity contribution in [2.24, 2.45) is 0 Å². The van der Waals surface area contributed by atoms with Crippen LogP contribution >= 0.6 is 27.5 Å². The second kappa shape index (κ2) is 6.29. The summed E-state index contributed by atoms with van der Waals surface area (Å²) in [6, 6.07) is 5.34. The number of benzene rings is 2. The minimum atomic E-state index is -4.80. The molecule has 0 atom stereocenters. The van der Waals surface area contributed by atoms with E-state index in [-0.39, 0.29) is 9.50 Å². The number of nitrogens with one attached hydrogen (secondary N) is 1. The third-order valence-corrected chi connectivity index (χ3v) is 5.29. The fourth-order valence-electron chi connectivity index (χ4n) is 1.73. The van der Waals surface area contributed by atoms with E-state index in [4.69, 9.17) is 11.6 Å². The van der Waals surface area contributed by atoms with Gasteiger partial charge in [0.15, 0.2) is 0 Å². The first-order chi connectivity index (χ1) is 10.5. The van der Waals surface area contributed by atoms with Crippen molar-refractivity contribution in [1.29, 1.82) is 0 Å². The summed E-state index contributed by atoms with van der Waals surface area (Å²) in [7, 11) is -4.36. The fraction of sp³-hybridized carbons (Fsp3) is 0.0769. The number of rotatable bonds is 3. The van der Waals surface area contributed by atoms with E-state index in [2.05, 4.69) is 15.9 Å². The van der Waals surface area contributed by atoms with Crippen molar-refractivity contribution in [1.82, 2.24) is 0 Å². The number of hydrogen-bond donors (Lipinski definition) is 1. The second-order valence-electron chi connectivity index (χ2n) is 4.37. The van der Waals surface area contributed by atoms with Crippen LogP contribution in [0.5, 0.6) is 0 Å². The number of hydrogen-bond acceptors (Lipinski definition) is 2. The van der Waals surface area contributed by atoms with Crippen molar-refractivity contribution >= 4 is 43.2 Å². The predicted molar refractivity (Wildman–Crippen MR) is 81.4 cm³/mol. The highest BCUT2D eigenvalue weighted by molar-refractivity contribution is 9.10. The van der Waals surface area contributed by atoms with Gasteiger partial charge in [-0.15, -0.1) is 0 Å². The van der Waals surface area contributed by atoms with Crippen molar-refractivity contribution in [3.63, 3.8) is 0 Å². The summed E-state index contributed by atoms with van der Waals surface area (Å²) in [6.45, 7) is 0. The Balaban J connectivity index is 2.50. The summed E-state index contributed by atoms with van der Waals surface area (Å²) in [4.78, 5) is -0.401. The molecular weight excluding hydrogens is 426 g/mol. The van der Waals surface area contributed by atoms with Crippen LogP contribution in [0.3, 0.4) is 0 Å². The molecule has 0 aromatic heterocycles. The van der Waals surface area contributed by atoms with E-state index in [0.717, 1.165) is 30.3 Å².